The van der Waals surface area contributed by atoms with Crippen molar-refractivity contribution < 1.29 is 32.2 Å². The Kier molecular flexibility index (Phi) is 7.31. The first-order valence-corrected chi connectivity index (χ1v) is 11.8. The molecule has 1 fully saturated rings. The van der Waals surface area contributed by atoms with Crippen LogP contribution in [0.3, 0.4) is 0 Å². The highest BCUT2D eigenvalue weighted by Crippen LogP contribution is 2.35. The second-order valence-corrected chi connectivity index (χ2v) is 9.20. The smallest absolute Gasteiger partial charge is 0.416 e. The molecule has 1 atom stereocenters. The lowest BCUT2D eigenvalue weighted by Gasteiger charge is -2.22. The molecule has 2 aromatic carbocycles. The third kappa shape index (κ3) is 6.02. The Hall–Kier alpha value is -3.45. The predicted octanol–water partition coefficient (Wildman–Crippen LogP) is 4.42. The monoisotopic (exact) mass is 521 g/mol. The van der Waals surface area contributed by atoms with E-state index in [0.29, 0.717) is 54.7 Å². The lowest BCUT2D eigenvalue weighted by molar-refractivity contribution is -0.137. The maximum atomic E-state index is 13.4. The number of carbonyl (C=O) groups excluding carboxylic acids is 2. The maximum Gasteiger partial charge on any atom is 0.416 e. The van der Waals surface area contributed by atoms with Crippen LogP contribution in [0.25, 0.3) is 0 Å². The van der Waals surface area contributed by atoms with Gasteiger partial charge in [-0.25, -0.2) is 0 Å². The van der Waals surface area contributed by atoms with Gasteiger partial charge in [0.15, 0.2) is 0 Å². The van der Waals surface area contributed by atoms with E-state index in [2.05, 4.69) is 10.6 Å². The van der Waals surface area contributed by atoms with Crippen LogP contribution in [-0.2, 0) is 17.4 Å². The molecule has 2 aromatic rings. The molecule has 2 aliphatic heterocycles. The van der Waals surface area contributed by atoms with Gasteiger partial charge in [0.1, 0.15) is 23.1 Å². The van der Waals surface area contributed by atoms with Crippen molar-refractivity contribution in [3.05, 3.63) is 58.1 Å². The van der Waals surface area contributed by atoms with Gasteiger partial charge in [-0.05, 0) is 61.6 Å². The summed E-state index contributed by atoms with van der Waals surface area (Å²) in [5.74, 6) is -1.11. The summed E-state index contributed by atoms with van der Waals surface area (Å²) in [7, 11) is 0. The topological polar surface area (TPSA) is 100 Å². The molecule has 2 heterocycles. The van der Waals surface area contributed by atoms with Gasteiger partial charge in [-0.2, -0.15) is 18.4 Å². The van der Waals surface area contributed by atoms with Crippen molar-refractivity contribution in [2.24, 2.45) is 0 Å². The molecule has 3 aliphatic rings. The number of nitriles is 1. The number of carbonyl (C=O) groups is 2. The molecule has 7 nitrogen and oxygen atoms in total. The van der Waals surface area contributed by atoms with Gasteiger partial charge in [0.2, 0.25) is 5.91 Å². The summed E-state index contributed by atoms with van der Waals surface area (Å²) < 4.78 is 51.4. The number of amides is 2. The van der Waals surface area contributed by atoms with Gasteiger partial charge in [-0.3, -0.25) is 9.59 Å². The second-order valence-electron chi connectivity index (χ2n) is 8.79. The Labute approximate surface area is 210 Å². The van der Waals surface area contributed by atoms with Gasteiger partial charge in [0.05, 0.1) is 35.4 Å². The highest BCUT2D eigenvalue weighted by Gasteiger charge is 2.45. The number of fused-ring (bicyclic) bond motifs is 10. The molecular formula is C25H23ClF3N3O4. The van der Waals surface area contributed by atoms with Crippen molar-refractivity contribution in [2.45, 2.75) is 49.9 Å². The summed E-state index contributed by atoms with van der Waals surface area (Å²) in [6, 6.07) is 8.44. The summed E-state index contributed by atoms with van der Waals surface area (Å²) in [4.78, 5) is 26.3. The van der Waals surface area contributed by atoms with E-state index in [4.69, 9.17) is 21.1 Å². The van der Waals surface area contributed by atoms with Crippen LogP contribution >= 0.6 is 11.6 Å². The standard InChI is InChI=1S/C25H23ClF3N3O4/c26-18-11-15-3-5-21(18)36-10-2-1-9-35-20-6-4-16(25(27,28)29)13-17(20)22(33)31-19(12-15)23(34)32-24(14-30)7-8-24/h3-6,11,13,19H,1-2,7-10,12H2,(H,31,33)(H,32,34). The van der Waals surface area contributed by atoms with E-state index in [0.717, 1.165) is 12.1 Å². The minimum atomic E-state index is -4.68. The molecule has 0 radical (unpaired) electrons. The van der Waals surface area contributed by atoms with Crippen molar-refractivity contribution in [2.75, 3.05) is 13.2 Å². The summed E-state index contributed by atoms with van der Waals surface area (Å²) in [6.45, 7) is 0.473. The quantitative estimate of drug-likeness (QED) is 0.609. The van der Waals surface area contributed by atoms with Gasteiger partial charge >= 0.3 is 6.18 Å². The number of hydrogen-bond donors (Lipinski definition) is 2. The third-order valence-corrected chi connectivity index (χ3v) is 6.29. The van der Waals surface area contributed by atoms with Crippen LogP contribution in [0.4, 0.5) is 13.2 Å². The van der Waals surface area contributed by atoms with Crippen LogP contribution in [0.15, 0.2) is 36.4 Å². The third-order valence-electron chi connectivity index (χ3n) is 5.99. The van der Waals surface area contributed by atoms with Gasteiger partial charge in [0, 0.05) is 6.42 Å². The van der Waals surface area contributed by atoms with E-state index >= 15 is 0 Å². The molecule has 2 amide bonds. The summed E-state index contributed by atoms with van der Waals surface area (Å²) in [5.41, 5.74) is -1.78. The Balaban J connectivity index is 1.69. The first-order valence-electron chi connectivity index (χ1n) is 11.4. The zero-order valence-electron chi connectivity index (χ0n) is 19.1. The molecule has 190 valence electrons. The molecule has 1 aliphatic carbocycles. The Morgan fingerprint density at radius 3 is 2.39 bits per heavy atom. The Bertz CT molecular complexity index is 1210. The van der Waals surface area contributed by atoms with Crippen molar-refractivity contribution in [3.63, 3.8) is 0 Å². The number of halogens is 4. The minimum Gasteiger partial charge on any atom is -0.493 e. The first kappa shape index (κ1) is 25.6. The fourth-order valence-electron chi connectivity index (χ4n) is 3.76. The number of alkyl halides is 3. The van der Waals surface area contributed by atoms with Crippen LogP contribution in [0, 0.1) is 11.3 Å². The molecule has 36 heavy (non-hydrogen) atoms. The SMILES string of the molecule is N#CC1(NC(=O)C2Cc3ccc(c(Cl)c3)OCCCCOc3ccc(C(F)(F)F)cc3C(=O)N2)CC1. The van der Waals surface area contributed by atoms with Crippen LogP contribution < -0.4 is 20.1 Å². The molecule has 1 unspecified atom stereocenters. The average Bonchev–Trinajstić information content (AvgIpc) is 3.60. The molecule has 0 saturated heterocycles. The highest BCUT2D eigenvalue weighted by molar-refractivity contribution is 6.32. The van der Waals surface area contributed by atoms with Crippen LogP contribution in [-0.4, -0.2) is 36.6 Å². The van der Waals surface area contributed by atoms with Crippen LogP contribution in [0.1, 0.15) is 47.2 Å². The molecule has 2 bridgehead atoms. The van der Waals surface area contributed by atoms with E-state index in [1.54, 1.807) is 18.2 Å². The number of rotatable bonds is 2. The highest BCUT2D eigenvalue weighted by atomic mass is 35.5. The number of nitrogens with zero attached hydrogens (tertiary/aromatic N) is 1. The molecule has 0 aromatic heterocycles. The molecule has 5 rings (SSSR count). The normalized spacial score (nSPS) is 19.6. The predicted molar refractivity (Wildman–Crippen MR) is 124 cm³/mol. The first-order chi connectivity index (χ1) is 17.1. The lowest BCUT2D eigenvalue weighted by Crippen LogP contribution is -2.51. The molecule has 11 heteroatoms. The molecule has 1 saturated carbocycles. The van der Waals surface area contributed by atoms with E-state index in [1.807, 2.05) is 6.07 Å². The van der Waals surface area contributed by atoms with Crippen molar-refractivity contribution in [3.8, 4) is 17.6 Å². The van der Waals surface area contributed by atoms with E-state index in [1.165, 1.54) is 0 Å². The number of benzene rings is 2. The van der Waals surface area contributed by atoms with Crippen molar-refractivity contribution in [1.29, 1.82) is 5.26 Å². The second kappa shape index (κ2) is 10.3. The fraction of sp³-hybridized carbons (Fsp3) is 0.400. The van der Waals surface area contributed by atoms with Crippen LogP contribution in [0.2, 0.25) is 5.02 Å². The lowest BCUT2D eigenvalue weighted by atomic mass is 10.0. The molecule has 2 N–H and O–H groups in total. The van der Waals surface area contributed by atoms with E-state index in [-0.39, 0.29) is 24.3 Å². The van der Waals surface area contributed by atoms with E-state index < -0.39 is 35.1 Å². The van der Waals surface area contributed by atoms with E-state index in [9.17, 15) is 28.0 Å². The zero-order valence-corrected chi connectivity index (χ0v) is 19.8. The molecular weight excluding hydrogens is 499 g/mol. The number of hydrogen-bond acceptors (Lipinski definition) is 5. The summed E-state index contributed by atoms with van der Waals surface area (Å²) in [5, 5.41) is 14.8. The largest absolute Gasteiger partial charge is 0.493 e. The zero-order chi connectivity index (χ0) is 25.9. The van der Waals surface area contributed by atoms with Gasteiger partial charge in [0.25, 0.3) is 5.91 Å². The molecule has 0 spiro atoms. The average molecular weight is 522 g/mol. The fourth-order valence-corrected chi connectivity index (χ4v) is 4.02. The summed E-state index contributed by atoms with van der Waals surface area (Å²) >= 11 is 6.33. The summed E-state index contributed by atoms with van der Waals surface area (Å²) in [6.07, 6.45) is -2.66. The minimum absolute atomic E-state index is 0.0196. The van der Waals surface area contributed by atoms with Gasteiger partial charge in [-0.1, -0.05) is 17.7 Å². The number of ether oxygens (including phenoxy) is 2. The maximum absolute atomic E-state index is 13.4. The Morgan fingerprint density at radius 2 is 1.78 bits per heavy atom. The number of nitrogens with one attached hydrogen (secondary N) is 2. The Morgan fingerprint density at radius 1 is 1.11 bits per heavy atom. The van der Waals surface area contributed by atoms with Gasteiger partial charge in [-0.15, -0.1) is 0 Å². The van der Waals surface area contributed by atoms with Crippen molar-refractivity contribution >= 4 is 23.4 Å². The van der Waals surface area contributed by atoms with Crippen LogP contribution in [0.5, 0.6) is 11.5 Å². The van der Waals surface area contributed by atoms with Crippen molar-refractivity contribution in [1.82, 2.24) is 10.6 Å². The van der Waals surface area contributed by atoms with Gasteiger partial charge < -0.3 is 20.1 Å².